The number of hydrogen-bond donors (Lipinski definition) is 3. The molecular formula is C21H17N3O3. The predicted octanol–water partition coefficient (Wildman–Crippen LogP) is 3.51. The molecule has 0 atom stereocenters. The lowest BCUT2D eigenvalue weighted by Crippen LogP contribution is -2.17. The summed E-state index contributed by atoms with van der Waals surface area (Å²) in [7, 11) is 1.75. The van der Waals surface area contributed by atoms with Crippen LogP contribution in [0, 0.1) is 0 Å². The first kappa shape index (κ1) is 16.7. The zero-order chi connectivity index (χ0) is 19.0. The number of fused-ring (bicyclic) bond motifs is 2. The zero-order valence-electron chi connectivity index (χ0n) is 14.5. The molecule has 134 valence electrons. The molecule has 0 aliphatic rings. The van der Waals surface area contributed by atoms with Gasteiger partial charge in [-0.05, 0) is 29.0 Å². The number of carbonyl (C=O) groups excluding carboxylic acids is 1. The van der Waals surface area contributed by atoms with E-state index in [1.165, 1.54) is 6.21 Å². The van der Waals surface area contributed by atoms with Gasteiger partial charge in [0.25, 0.3) is 5.91 Å². The summed E-state index contributed by atoms with van der Waals surface area (Å²) >= 11 is 0. The van der Waals surface area contributed by atoms with Gasteiger partial charge in [-0.3, -0.25) is 4.79 Å². The third-order valence-electron chi connectivity index (χ3n) is 4.58. The van der Waals surface area contributed by atoms with Crippen LogP contribution in [0.5, 0.6) is 11.6 Å². The Hall–Kier alpha value is -3.80. The second-order valence-corrected chi connectivity index (χ2v) is 6.23. The number of nitrogens with zero attached hydrogens (tertiary/aromatic N) is 2. The number of benzene rings is 3. The van der Waals surface area contributed by atoms with Crippen molar-refractivity contribution < 1.29 is 15.0 Å². The van der Waals surface area contributed by atoms with Gasteiger partial charge in [-0.2, -0.15) is 5.10 Å². The molecule has 0 aliphatic heterocycles. The van der Waals surface area contributed by atoms with Crippen molar-refractivity contribution in [2.24, 2.45) is 12.1 Å². The van der Waals surface area contributed by atoms with E-state index >= 15 is 0 Å². The van der Waals surface area contributed by atoms with E-state index in [0.29, 0.717) is 5.56 Å². The number of phenolic OH excluding ortho intramolecular Hbond substituents is 1. The fourth-order valence-electron chi connectivity index (χ4n) is 3.16. The predicted molar refractivity (Wildman–Crippen MR) is 105 cm³/mol. The number of para-hydroxylation sites is 1. The van der Waals surface area contributed by atoms with Gasteiger partial charge >= 0.3 is 0 Å². The van der Waals surface area contributed by atoms with Crippen LogP contribution in [-0.4, -0.2) is 26.9 Å². The normalized spacial score (nSPS) is 11.4. The van der Waals surface area contributed by atoms with Crippen LogP contribution in [0.1, 0.15) is 15.9 Å². The topological polar surface area (TPSA) is 86.9 Å². The molecule has 3 aromatic carbocycles. The maximum Gasteiger partial charge on any atom is 0.275 e. The van der Waals surface area contributed by atoms with Gasteiger partial charge in [0.15, 0.2) is 0 Å². The van der Waals surface area contributed by atoms with Crippen molar-refractivity contribution in [2.45, 2.75) is 0 Å². The van der Waals surface area contributed by atoms with Crippen LogP contribution in [0.15, 0.2) is 65.8 Å². The largest absolute Gasteiger partial charge is 0.507 e. The number of aromatic hydroxyl groups is 2. The summed E-state index contributed by atoms with van der Waals surface area (Å²) in [5, 5.41) is 26.9. The summed E-state index contributed by atoms with van der Waals surface area (Å²) in [6.45, 7) is 0. The molecule has 6 nitrogen and oxygen atoms in total. The van der Waals surface area contributed by atoms with Gasteiger partial charge in [-0.25, -0.2) is 5.43 Å². The summed E-state index contributed by atoms with van der Waals surface area (Å²) in [4.78, 5) is 12.4. The third kappa shape index (κ3) is 2.87. The van der Waals surface area contributed by atoms with Gasteiger partial charge < -0.3 is 14.8 Å². The lowest BCUT2D eigenvalue weighted by Gasteiger charge is -2.05. The zero-order valence-corrected chi connectivity index (χ0v) is 14.5. The smallest absolute Gasteiger partial charge is 0.275 e. The first-order chi connectivity index (χ1) is 13.1. The number of carbonyl (C=O) groups is 1. The molecule has 6 heteroatoms. The fraction of sp³-hybridized carbons (Fsp3) is 0.0476. The first-order valence-corrected chi connectivity index (χ1v) is 8.38. The van der Waals surface area contributed by atoms with Crippen LogP contribution in [0.25, 0.3) is 21.7 Å². The van der Waals surface area contributed by atoms with Gasteiger partial charge in [-0.15, -0.1) is 0 Å². The van der Waals surface area contributed by atoms with Crippen molar-refractivity contribution in [3.05, 3.63) is 71.8 Å². The Morgan fingerprint density at radius 1 is 1.04 bits per heavy atom. The molecule has 0 spiro atoms. The van der Waals surface area contributed by atoms with E-state index in [1.807, 2.05) is 48.5 Å². The average Bonchev–Trinajstić information content (AvgIpc) is 2.92. The van der Waals surface area contributed by atoms with Crippen LogP contribution in [0.2, 0.25) is 0 Å². The van der Waals surface area contributed by atoms with Gasteiger partial charge in [0.1, 0.15) is 5.75 Å². The lowest BCUT2D eigenvalue weighted by atomic mass is 10.1. The molecular weight excluding hydrogens is 342 g/mol. The third-order valence-corrected chi connectivity index (χ3v) is 4.58. The Morgan fingerprint density at radius 2 is 1.70 bits per heavy atom. The maximum absolute atomic E-state index is 12.4. The minimum atomic E-state index is -0.533. The maximum atomic E-state index is 12.4. The number of phenols is 1. The molecule has 1 heterocycles. The summed E-state index contributed by atoms with van der Waals surface area (Å²) in [6, 6.07) is 18.1. The van der Waals surface area contributed by atoms with Crippen molar-refractivity contribution in [2.75, 3.05) is 0 Å². The van der Waals surface area contributed by atoms with Crippen LogP contribution in [0.3, 0.4) is 0 Å². The molecule has 0 bridgehead atoms. The highest BCUT2D eigenvalue weighted by Crippen LogP contribution is 2.28. The van der Waals surface area contributed by atoms with E-state index in [4.69, 9.17) is 0 Å². The average molecular weight is 359 g/mol. The molecule has 0 aliphatic carbocycles. The van der Waals surface area contributed by atoms with Crippen molar-refractivity contribution in [3.63, 3.8) is 0 Å². The molecule has 1 aromatic heterocycles. The van der Waals surface area contributed by atoms with Crippen LogP contribution >= 0.6 is 0 Å². The summed E-state index contributed by atoms with van der Waals surface area (Å²) < 4.78 is 1.65. The van der Waals surface area contributed by atoms with Crippen LogP contribution in [0.4, 0.5) is 0 Å². The quantitative estimate of drug-likeness (QED) is 0.386. The Morgan fingerprint density at radius 3 is 2.48 bits per heavy atom. The van der Waals surface area contributed by atoms with Gasteiger partial charge in [-0.1, -0.05) is 42.5 Å². The standard InChI is InChI=1S/C21H17N3O3/c1-24-18-9-5-4-8-15(18)17(21(24)27)12-22-23-20(26)16-10-13-6-2-3-7-14(13)11-19(16)25/h2-12,25,27H,1H3,(H,23,26)/b22-12+. The van der Waals surface area contributed by atoms with E-state index < -0.39 is 5.91 Å². The molecule has 27 heavy (non-hydrogen) atoms. The number of rotatable bonds is 3. The van der Waals surface area contributed by atoms with Gasteiger partial charge in [0.2, 0.25) is 5.88 Å². The van der Waals surface area contributed by atoms with E-state index in [2.05, 4.69) is 10.5 Å². The molecule has 0 fully saturated rings. The monoisotopic (exact) mass is 359 g/mol. The molecule has 3 N–H and O–H groups in total. The molecule has 0 radical (unpaired) electrons. The number of hydrogen-bond acceptors (Lipinski definition) is 4. The lowest BCUT2D eigenvalue weighted by molar-refractivity contribution is 0.0952. The molecule has 1 amide bonds. The number of nitrogens with one attached hydrogen (secondary N) is 1. The highest BCUT2D eigenvalue weighted by molar-refractivity contribution is 6.04. The second-order valence-electron chi connectivity index (χ2n) is 6.23. The van der Waals surface area contributed by atoms with Gasteiger partial charge in [0, 0.05) is 12.4 Å². The Kier molecular flexibility index (Phi) is 4.01. The fourth-order valence-corrected chi connectivity index (χ4v) is 3.16. The minimum Gasteiger partial charge on any atom is -0.507 e. The van der Waals surface area contributed by atoms with Crippen LogP contribution < -0.4 is 5.43 Å². The van der Waals surface area contributed by atoms with Crippen molar-refractivity contribution in [3.8, 4) is 11.6 Å². The minimum absolute atomic E-state index is 0.0581. The highest BCUT2D eigenvalue weighted by Gasteiger charge is 2.14. The van der Waals surface area contributed by atoms with Crippen LogP contribution in [-0.2, 0) is 7.05 Å². The van der Waals surface area contributed by atoms with E-state index in [0.717, 1.165) is 21.7 Å². The molecule has 0 saturated carbocycles. The van der Waals surface area contributed by atoms with E-state index in [-0.39, 0.29) is 17.2 Å². The first-order valence-electron chi connectivity index (χ1n) is 8.38. The molecule has 0 saturated heterocycles. The summed E-state index contributed by atoms with van der Waals surface area (Å²) in [6.07, 6.45) is 1.40. The summed E-state index contributed by atoms with van der Waals surface area (Å²) in [5.41, 5.74) is 3.90. The van der Waals surface area contributed by atoms with Crippen molar-refractivity contribution in [1.82, 2.24) is 9.99 Å². The molecule has 4 rings (SSSR count). The van der Waals surface area contributed by atoms with Gasteiger partial charge in [0.05, 0.1) is 22.9 Å². The Balaban J connectivity index is 1.62. The Bertz CT molecular complexity index is 1210. The highest BCUT2D eigenvalue weighted by atomic mass is 16.3. The Labute approximate surface area is 155 Å². The summed E-state index contributed by atoms with van der Waals surface area (Å²) in [5.74, 6) is -0.591. The molecule has 0 unspecified atom stereocenters. The number of hydrazone groups is 1. The number of amides is 1. The SMILES string of the molecule is Cn1c(O)c(/C=N/NC(=O)c2cc3ccccc3cc2O)c2ccccc21. The van der Waals surface area contributed by atoms with E-state index in [1.54, 1.807) is 23.7 Å². The van der Waals surface area contributed by atoms with Crippen molar-refractivity contribution in [1.29, 1.82) is 0 Å². The second kappa shape index (κ2) is 6.49. The number of aromatic nitrogens is 1. The van der Waals surface area contributed by atoms with Crippen molar-refractivity contribution >= 4 is 33.8 Å². The number of aryl methyl sites for hydroxylation is 1. The molecule has 4 aromatic rings. The van der Waals surface area contributed by atoms with E-state index in [9.17, 15) is 15.0 Å².